The highest BCUT2D eigenvalue weighted by Crippen LogP contribution is 2.38. The van der Waals surface area contributed by atoms with E-state index in [2.05, 4.69) is 27.3 Å². The van der Waals surface area contributed by atoms with Crippen LogP contribution in [-0.2, 0) is 4.79 Å². The zero-order chi connectivity index (χ0) is 23.1. The summed E-state index contributed by atoms with van der Waals surface area (Å²) in [6.07, 6.45) is 1.68. The third-order valence-corrected chi connectivity index (χ3v) is 5.24. The van der Waals surface area contributed by atoms with Crippen molar-refractivity contribution >= 4 is 50.8 Å². The van der Waals surface area contributed by atoms with E-state index in [-0.39, 0.29) is 6.61 Å². The van der Waals surface area contributed by atoms with Crippen molar-refractivity contribution < 1.29 is 18.7 Å². The number of carbonyl (C=O) groups is 1. The second-order valence-electron chi connectivity index (χ2n) is 6.53. The molecular weight excluding hydrogens is 499 g/mol. The lowest BCUT2D eigenvalue weighted by molar-refractivity contribution is -0.118. The quantitative estimate of drug-likeness (QED) is 0.295. The number of amides is 1. The van der Waals surface area contributed by atoms with Crippen LogP contribution in [0.1, 0.15) is 11.1 Å². The largest absolute Gasteiger partial charge is 0.493 e. The molecule has 32 heavy (non-hydrogen) atoms. The Morgan fingerprint density at radius 3 is 2.59 bits per heavy atom. The fraction of sp³-hybridized carbons (Fsp3) is 0.0833. The van der Waals surface area contributed by atoms with Crippen LogP contribution < -0.4 is 14.8 Å². The molecule has 0 unspecified atom stereocenters. The van der Waals surface area contributed by atoms with Crippen molar-refractivity contribution in [2.45, 2.75) is 0 Å². The van der Waals surface area contributed by atoms with Gasteiger partial charge in [0.25, 0.3) is 5.91 Å². The molecule has 0 heterocycles. The van der Waals surface area contributed by atoms with E-state index in [1.54, 1.807) is 42.5 Å². The molecule has 0 saturated carbocycles. The van der Waals surface area contributed by atoms with Crippen molar-refractivity contribution in [1.82, 2.24) is 0 Å². The van der Waals surface area contributed by atoms with Gasteiger partial charge in [0.05, 0.1) is 23.2 Å². The first-order valence-electron chi connectivity index (χ1n) is 9.33. The van der Waals surface area contributed by atoms with Crippen LogP contribution >= 0.6 is 27.5 Å². The summed E-state index contributed by atoms with van der Waals surface area (Å²) < 4.78 is 24.6. The molecule has 0 aliphatic carbocycles. The monoisotopic (exact) mass is 514 g/mol. The van der Waals surface area contributed by atoms with Crippen molar-refractivity contribution in [3.05, 3.63) is 87.1 Å². The summed E-state index contributed by atoms with van der Waals surface area (Å²) in [5.41, 5.74) is 2.13. The molecule has 3 aromatic rings. The predicted molar refractivity (Wildman–Crippen MR) is 126 cm³/mol. The van der Waals surface area contributed by atoms with Crippen molar-refractivity contribution in [2.24, 2.45) is 0 Å². The zero-order valence-corrected chi connectivity index (χ0v) is 19.2. The van der Waals surface area contributed by atoms with E-state index in [0.717, 1.165) is 0 Å². The van der Waals surface area contributed by atoms with E-state index in [9.17, 15) is 14.4 Å². The number of halogens is 3. The number of ether oxygens (including phenoxy) is 2. The van der Waals surface area contributed by atoms with Gasteiger partial charge in [-0.25, -0.2) is 4.39 Å². The van der Waals surface area contributed by atoms with Gasteiger partial charge in [-0.3, -0.25) is 4.79 Å². The van der Waals surface area contributed by atoms with Crippen LogP contribution in [0, 0.1) is 17.1 Å². The van der Waals surface area contributed by atoms with Crippen molar-refractivity contribution in [1.29, 1.82) is 5.26 Å². The molecule has 0 spiro atoms. The summed E-state index contributed by atoms with van der Waals surface area (Å²) in [6, 6.07) is 18.1. The number of methoxy groups -OCH3 is 1. The van der Waals surface area contributed by atoms with Crippen LogP contribution in [0.4, 0.5) is 10.1 Å². The first-order valence-corrected chi connectivity index (χ1v) is 10.5. The van der Waals surface area contributed by atoms with Gasteiger partial charge in [0.15, 0.2) is 18.1 Å². The highest BCUT2D eigenvalue weighted by atomic mass is 79.9. The maximum absolute atomic E-state index is 13.0. The lowest BCUT2D eigenvalue weighted by Crippen LogP contribution is -2.20. The van der Waals surface area contributed by atoms with Crippen LogP contribution in [0.25, 0.3) is 11.6 Å². The molecule has 0 aromatic heterocycles. The first-order chi connectivity index (χ1) is 15.4. The Bertz CT molecular complexity index is 1210. The molecule has 8 heteroatoms. The Hall–Kier alpha value is -3.34. The second-order valence-corrected chi connectivity index (χ2v) is 7.79. The van der Waals surface area contributed by atoms with Gasteiger partial charge in [0.1, 0.15) is 5.82 Å². The van der Waals surface area contributed by atoms with E-state index in [1.165, 1.54) is 31.4 Å². The number of carbonyl (C=O) groups excluding carboxylic acids is 1. The first kappa shape index (κ1) is 23.3. The number of nitriles is 1. The highest BCUT2D eigenvalue weighted by Gasteiger charge is 2.14. The third kappa shape index (κ3) is 5.88. The van der Waals surface area contributed by atoms with Gasteiger partial charge >= 0.3 is 0 Å². The molecule has 0 bridgehead atoms. The summed E-state index contributed by atoms with van der Waals surface area (Å²) in [6.45, 7) is -0.287. The van der Waals surface area contributed by atoms with Crippen LogP contribution in [0.5, 0.6) is 11.5 Å². The minimum atomic E-state index is -0.417. The highest BCUT2D eigenvalue weighted by molar-refractivity contribution is 9.10. The van der Waals surface area contributed by atoms with Gasteiger partial charge in [-0.1, -0.05) is 29.8 Å². The normalized spacial score (nSPS) is 10.9. The lowest BCUT2D eigenvalue weighted by Gasteiger charge is -2.14. The summed E-state index contributed by atoms with van der Waals surface area (Å²) in [5.74, 6) is -0.108. The fourth-order valence-electron chi connectivity index (χ4n) is 2.85. The van der Waals surface area contributed by atoms with Crippen LogP contribution in [0.15, 0.2) is 65.1 Å². The smallest absolute Gasteiger partial charge is 0.262 e. The van der Waals surface area contributed by atoms with E-state index < -0.39 is 11.7 Å². The SMILES string of the molecule is COc1cc(C=C(C#N)c2ccccc2Cl)cc(Br)c1OCC(=O)Nc1ccc(F)cc1. The fourth-order valence-corrected chi connectivity index (χ4v) is 3.66. The average molecular weight is 516 g/mol. The van der Waals surface area contributed by atoms with E-state index in [4.69, 9.17) is 21.1 Å². The minimum Gasteiger partial charge on any atom is -0.493 e. The Morgan fingerprint density at radius 2 is 1.94 bits per heavy atom. The predicted octanol–water partition coefficient (Wildman–Crippen LogP) is 6.33. The number of nitrogens with zero attached hydrogens (tertiary/aromatic N) is 1. The zero-order valence-electron chi connectivity index (χ0n) is 16.9. The second kappa shape index (κ2) is 10.8. The number of hydrogen-bond acceptors (Lipinski definition) is 4. The topological polar surface area (TPSA) is 71.3 Å². The van der Waals surface area contributed by atoms with Crippen LogP contribution in [-0.4, -0.2) is 19.6 Å². The molecule has 0 saturated heterocycles. The van der Waals surface area contributed by atoms with Gasteiger partial charge in [-0.05, 0) is 70.0 Å². The Morgan fingerprint density at radius 1 is 1.22 bits per heavy atom. The standard InChI is InChI=1S/C24H17BrClFN2O3/c1-31-22-12-15(10-16(13-28)19-4-2-3-5-21(19)26)11-20(25)24(22)32-14-23(30)29-18-8-6-17(27)7-9-18/h2-12H,14H2,1H3,(H,29,30). The molecule has 0 fully saturated rings. The van der Waals surface area contributed by atoms with Crippen LogP contribution in [0.2, 0.25) is 5.02 Å². The molecule has 0 radical (unpaired) electrons. The molecule has 3 aromatic carbocycles. The Kier molecular flexibility index (Phi) is 7.87. The lowest BCUT2D eigenvalue weighted by atomic mass is 10.0. The van der Waals surface area contributed by atoms with E-state index >= 15 is 0 Å². The van der Waals surface area contributed by atoms with Gasteiger partial charge in [-0.2, -0.15) is 5.26 Å². The maximum Gasteiger partial charge on any atom is 0.262 e. The molecule has 0 atom stereocenters. The molecule has 1 amide bonds. The van der Waals surface area contributed by atoms with Gasteiger partial charge in [-0.15, -0.1) is 0 Å². The Balaban J connectivity index is 1.79. The van der Waals surface area contributed by atoms with Crippen molar-refractivity contribution in [2.75, 3.05) is 19.0 Å². The Labute approximate surface area is 198 Å². The van der Waals surface area contributed by atoms with Crippen molar-refractivity contribution in [3.8, 4) is 17.6 Å². The van der Waals surface area contributed by atoms with Gasteiger partial charge in [0.2, 0.25) is 0 Å². The summed E-state index contributed by atoms with van der Waals surface area (Å²) in [7, 11) is 1.47. The summed E-state index contributed by atoms with van der Waals surface area (Å²) >= 11 is 9.64. The molecule has 0 aliphatic rings. The number of hydrogen-bond donors (Lipinski definition) is 1. The summed E-state index contributed by atoms with van der Waals surface area (Å²) in [5, 5.41) is 12.7. The average Bonchev–Trinajstić information content (AvgIpc) is 2.78. The molecule has 162 valence electrons. The number of allylic oxidation sites excluding steroid dienone is 1. The van der Waals surface area contributed by atoms with E-state index in [0.29, 0.717) is 43.4 Å². The van der Waals surface area contributed by atoms with Gasteiger partial charge < -0.3 is 14.8 Å². The van der Waals surface area contributed by atoms with Gasteiger partial charge in [0, 0.05) is 16.3 Å². The minimum absolute atomic E-state index is 0.287. The number of rotatable bonds is 7. The van der Waals surface area contributed by atoms with E-state index in [1.807, 2.05) is 0 Å². The number of benzene rings is 3. The maximum atomic E-state index is 13.0. The van der Waals surface area contributed by atoms with Crippen LogP contribution in [0.3, 0.4) is 0 Å². The van der Waals surface area contributed by atoms with Crippen molar-refractivity contribution in [3.63, 3.8) is 0 Å². The molecule has 3 rings (SSSR count). The third-order valence-electron chi connectivity index (χ3n) is 4.32. The number of anilines is 1. The molecule has 0 aliphatic heterocycles. The summed E-state index contributed by atoms with van der Waals surface area (Å²) in [4.78, 5) is 12.2. The molecular formula is C24H17BrClFN2O3. The number of nitrogens with one attached hydrogen (secondary N) is 1. The molecule has 5 nitrogen and oxygen atoms in total. The molecule has 1 N–H and O–H groups in total.